The fourth-order valence-electron chi connectivity index (χ4n) is 2.34. The van der Waals surface area contributed by atoms with Crippen molar-refractivity contribution in [1.82, 2.24) is 14.9 Å². The SMILES string of the molecule is O=C(c1cc(Br)c[nH]1)N1CCN(c2ccccn2)CC1. The van der Waals surface area contributed by atoms with Crippen LogP contribution in [-0.2, 0) is 0 Å². The second-order valence-corrected chi connectivity index (χ2v) is 5.61. The number of nitrogens with zero attached hydrogens (tertiary/aromatic N) is 3. The van der Waals surface area contributed by atoms with Crippen LogP contribution in [0.25, 0.3) is 0 Å². The van der Waals surface area contributed by atoms with Gasteiger partial charge in [0, 0.05) is 43.0 Å². The molecule has 6 heteroatoms. The Kier molecular flexibility index (Phi) is 3.73. The Bertz CT molecular complexity index is 590. The minimum absolute atomic E-state index is 0.0522. The maximum atomic E-state index is 12.3. The van der Waals surface area contributed by atoms with E-state index in [1.165, 1.54) is 0 Å². The molecule has 0 aliphatic carbocycles. The van der Waals surface area contributed by atoms with Gasteiger partial charge < -0.3 is 14.8 Å². The Labute approximate surface area is 125 Å². The molecular formula is C14H15BrN4O. The van der Waals surface area contributed by atoms with Crippen LogP contribution in [0.5, 0.6) is 0 Å². The number of halogens is 1. The first-order valence-electron chi connectivity index (χ1n) is 6.53. The molecule has 1 saturated heterocycles. The maximum Gasteiger partial charge on any atom is 0.270 e. The van der Waals surface area contributed by atoms with Gasteiger partial charge in [0.15, 0.2) is 0 Å². The highest BCUT2D eigenvalue weighted by molar-refractivity contribution is 9.10. The van der Waals surface area contributed by atoms with Crippen LogP contribution in [0, 0.1) is 0 Å². The molecule has 0 bridgehead atoms. The molecule has 3 rings (SSSR count). The van der Waals surface area contributed by atoms with Gasteiger partial charge in [-0.3, -0.25) is 4.79 Å². The molecule has 0 radical (unpaired) electrons. The van der Waals surface area contributed by atoms with Crippen molar-refractivity contribution in [3.63, 3.8) is 0 Å². The number of rotatable bonds is 2. The van der Waals surface area contributed by atoms with Gasteiger partial charge in [0.1, 0.15) is 11.5 Å². The fraction of sp³-hybridized carbons (Fsp3) is 0.286. The smallest absolute Gasteiger partial charge is 0.270 e. The topological polar surface area (TPSA) is 52.2 Å². The maximum absolute atomic E-state index is 12.3. The average molecular weight is 335 g/mol. The third-order valence-electron chi connectivity index (χ3n) is 3.42. The van der Waals surface area contributed by atoms with Crippen LogP contribution >= 0.6 is 15.9 Å². The zero-order chi connectivity index (χ0) is 13.9. The third-order valence-corrected chi connectivity index (χ3v) is 3.88. The van der Waals surface area contributed by atoms with Crippen molar-refractivity contribution in [2.24, 2.45) is 0 Å². The second-order valence-electron chi connectivity index (χ2n) is 4.70. The molecule has 104 valence electrons. The molecule has 2 aromatic rings. The largest absolute Gasteiger partial charge is 0.356 e. The molecule has 2 aromatic heterocycles. The number of piperazine rings is 1. The highest BCUT2D eigenvalue weighted by Crippen LogP contribution is 2.16. The zero-order valence-electron chi connectivity index (χ0n) is 10.9. The summed E-state index contributed by atoms with van der Waals surface area (Å²) in [5.41, 5.74) is 0.628. The van der Waals surface area contributed by atoms with Gasteiger partial charge in [-0.15, -0.1) is 0 Å². The van der Waals surface area contributed by atoms with Crippen molar-refractivity contribution in [1.29, 1.82) is 0 Å². The van der Waals surface area contributed by atoms with E-state index < -0.39 is 0 Å². The van der Waals surface area contributed by atoms with Crippen LogP contribution in [0.1, 0.15) is 10.5 Å². The van der Waals surface area contributed by atoms with Crippen LogP contribution in [-0.4, -0.2) is 47.0 Å². The normalized spacial score (nSPS) is 15.4. The summed E-state index contributed by atoms with van der Waals surface area (Å²) in [5.74, 6) is 1.03. The number of aromatic nitrogens is 2. The van der Waals surface area contributed by atoms with Crippen LogP contribution < -0.4 is 4.90 Å². The molecule has 1 aliphatic heterocycles. The molecule has 1 fully saturated rings. The lowest BCUT2D eigenvalue weighted by molar-refractivity contribution is 0.0741. The minimum Gasteiger partial charge on any atom is -0.356 e. The third kappa shape index (κ3) is 2.70. The number of aromatic amines is 1. The van der Waals surface area contributed by atoms with Crippen molar-refractivity contribution in [3.05, 3.63) is 46.8 Å². The molecular weight excluding hydrogens is 320 g/mol. The Hall–Kier alpha value is -1.82. The monoisotopic (exact) mass is 334 g/mol. The van der Waals surface area contributed by atoms with E-state index in [1.807, 2.05) is 29.2 Å². The van der Waals surface area contributed by atoms with E-state index >= 15 is 0 Å². The number of H-pyrrole nitrogens is 1. The number of carbonyl (C=O) groups excluding carboxylic acids is 1. The summed E-state index contributed by atoms with van der Waals surface area (Å²) < 4.78 is 0.896. The van der Waals surface area contributed by atoms with Gasteiger partial charge in [-0.25, -0.2) is 4.98 Å². The van der Waals surface area contributed by atoms with Crippen molar-refractivity contribution in [2.75, 3.05) is 31.1 Å². The second kappa shape index (κ2) is 5.66. The molecule has 3 heterocycles. The standard InChI is InChI=1S/C14H15BrN4O/c15-11-9-12(17-10-11)14(20)19-7-5-18(6-8-19)13-3-1-2-4-16-13/h1-4,9-10,17H,5-8H2. The molecule has 0 atom stereocenters. The van der Waals surface area contributed by atoms with Gasteiger partial charge in [-0.1, -0.05) is 6.07 Å². The first-order chi connectivity index (χ1) is 9.74. The van der Waals surface area contributed by atoms with Crippen molar-refractivity contribution < 1.29 is 4.79 Å². The Morgan fingerprint density at radius 1 is 1.25 bits per heavy atom. The number of nitrogens with one attached hydrogen (secondary N) is 1. The molecule has 1 amide bonds. The van der Waals surface area contributed by atoms with Crippen LogP contribution in [0.3, 0.4) is 0 Å². The highest BCUT2D eigenvalue weighted by atomic mass is 79.9. The molecule has 0 spiro atoms. The molecule has 5 nitrogen and oxygen atoms in total. The van der Waals surface area contributed by atoms with Crippen LogP contribution in [0.2, 0.25) is 0 Å². The lowest BCUT2D eigenvalue weighted by Gasteiger charge is -2.35. The van der Waals surface area contributed by atoms with E-state index in [0.717, 1.165) is 23.4 Å². The molecule has 1 N–H and O–H groups in total. The molecule has 0 unspecified atom stereocenters. The van der Waals surface area contributed by atoms with E-state index in [0.29, 0.717) is 18.8 Å². The summed E-state index contributed by atoms with van der Waals surface area (Å²) in [7, 11) is 0. The van der Waals surface area contributed by atoms with Gasteiger partial charge in [-0.05, 0) is 34.1 Å². The van der Waals surface area contributed by atoms with Gasteiger partial charge in [0.2, 0.25) is 0 Å². The molecule has 1 aliphatic rings. The summed E-state index contributed by atoms with van der Waals surface area (Å²) in [6, 6.07) is 7.70. The van der Waals surface area contributed by atoms with Crippen LogP contribution in [0.4, 0.5) is 5.82 Å². The lowest BCUT2D eigenvalue weighted by Crippen LogP contribution is -2.49. The van der Waals surface area contributed by atoms with E-state index in [1.54, 1.807) is 12.4 Å². The van der Waals surface area contributed by atoms with Crippen molar-refractivity contribution in [3.8, 4) is 0 Å². The summed E-state index contributed by atoms with van der Waals surface area (Å²) in [6.45, 7) is 3.05. The molecule has 20 heavy (non-hydrogen) atoms. The molecule has 0 saturated carbocycles. The Morgan fingerprint density at radius 2 is 2.05 bits per heavy atom. The summed E-state index contributed by atoms with van der Waals surface area (Å²) in [6.07, 6.45) is 3.57. The van der Waals surface area contributed by atoms with Crippen LogP contribution in [0.15, 0.2) is 41.1 Å². The first-order valence-corrected chi connectivity index (χ1v) is 7.32. The van der Waals surface area contributed by atoms with Gasteiger partial charge in [0.05, 0.1) is 0 Å². The number of amides is 1. The van der Waals surface area contributed by atoms with Crippen molar-refractivity contribution in [2.45, 2.75) is 0 Å². The lowest BCUT2D eigenvalue weighted by atomic mass is 10.2. The quantitative estimate of drug-likeness (QED) is 0.915. The van der Waals surface area contributed by atoms with Gasteiger partial charge in [-0.2, -0.15) is 0 Å². The molecule has 0 aromatic carbocycles. The van der Waals surface area contributed by atoms with Gasteiger partial charge in [0.25, 0.3) is 5.91 Å². The summed E-state index contributed by atoms with van der Waals surface area (Å²) >= 11 is 3.35. The van der Waals surface area contributed by atoms with Crippen molar-refractivity contribution >= 4 is 27.7 Å². The number of carbonyl (C=O) groups is 1. The number of hydrogen-bond donors (Lipinski definition) is 1. The van der Waals surface area contributed by atoms with E-state index in [4.69, 9.17) is 0 Å². The predicted molar refractivity (Wildman–Crippen MR) is 80.8 cm³/mol. The summed E-state index contributed by atoms with van der Waals surface area (Å²) in [4.78, 5) is 23.7. The predicted octanol–water partition coefficient (Wildman–Crippen LogP) is 2.13. The number of anilines is 1. The fourth-order valence-corrected chi connectivity index (χ4v) is 2.68. The number of hydrogen-bond acceptors (Lipinski definition) is 3. The van der Waals surface area contributed by atoms with E-state index in [9.17, 15) is 4.79 Å². The minimum atomic E-state index is 0.0522. The first kappa shape index (κ1) is 13.2. The Balaban J connectivity index is 1.63. The van der Waals surface area contributed by atoms with Gasteiger partial charge >= 0.3 is 0 Å². The average Bonchev–Trinajstić information content (AvgIpc) is 2.94. The van der Waals surface area contributed by atoms with E-state index in [2.05, 4.69) is 30.8 Å². The zero-order valence-corrected chi connectivity index (χ0v) is 12.5. The highest BCUT2D eigenvalue weighted by Gasteiger charge is 2.23. The van der Waals surface area contributed by atoms with E-state index in [-0.39, 0.29) is 5.91 Å². The number of pyridine rings is 1. The summed E-state index contributed by atoms with van der Waals surface area (Å²) in [5, 5.41) is 0. The Morgan fingerprint density at radius 3 is 2.65 bits per heavy atom.